The van der Waals surface area contributed by atoms with Crippen LogP contribution in [0, 0.1) is 12.8 Å². The van der Waals surface area contributed by atoms with Gasteiger partial charge in [-0.3, -0.25) is 4.98 Å². The molecule has 0 amide bonds. The molecular formula is C15H19N3O2. The van der Waals surface area contributed by atoms with Crippen molar-refractivity contribution in [2.45, 2.75) is 45.1 Å². The van der Waals surface area contributed by atoms with E-state index in [1.165, 1.54) is 6.42 Å². The van der Waals surface area contributed by atoms with E-state index in [-0.39, 0.29) is 12.0 Å². The Morgan fingerprint density at radius 2 is 2.20 bits per heavy atom. The van der Waals surface area contributed by atoms with Gasteiger partial charge in [-0.05, 0) is 37.3 Å². The van der Waals surface area contributed by atoms with Crippen molar-refractivity contribution in [3.63, 3.8) is 0 Å². The van der Waals surface area contributed by atoms with Crippen molar-refractivity contribution < 1.29 is 9.63 Å². The summed E-state index contributed by atoms with van der Waals surface area (Å²) in [6.45, 7) is 1.98. The summed E-state index contributed by atoms with van der Waals surface area (Å²) < 4.78 is 5.31. The van der Waals surface area contributed by atoms with E-state index in [1.54, 1.807) is 6.20 Å². The van der Waals surface area contributed by atoms with Crippen molar-refractivity contribution in [3.8, 4) is 11.5 Å². The summed E-state index contributed by atoms with van der Waals surface area (Å²) >= 11 is 0. The van der Waals surface area contributed by atoms with E-state index >= 15 is 0 Å². The van der Waals surface area contributed by atoms with Crippen LogP contribution in [0.25, 0.3) is 11.5 Å². The van der Waals surface area contributed by atoms with Crippen molar-refractivity contribution in [1.29, 1.82) is 0 Å². The van der Waals surface area contributed by atoms with E-state index in [0.717, 1.165) is 30.5 Å². The molecule has 0 aliphatic heterocycles. The highest BCUT2D eigenvalue weighted by molar-refractivity contribution is 5.53. The molecule has 2 unspecified atom stereocenters. The smallest absolute Gasteiger partial charge is 0.227 e. The third-order valence-corrected chi connectivity index (χ3v) is 4.00. The third-order valence-electron chi connectivity index (χ3n) is 4.00. The fourth-order valence-corrected chi connectivity index (χ4v) is 2.80. The molecule has 1 saturated carbocycles. The molecule has 0 radical (unpaired) electrons. The van der Waals surface area contributed by atoms with E-state index in [4.69, 9.17) is 4.52 Å². The van der Waals surface area contributed by atoms with E-state index < -0.39 is 0 Å². The molecule has 0 bridgehead atoms. The highest BCUT2D eigenvalue weighted by Gasteiger charge is 2.25. The normalized spacial score (nSPS) is 22.9. The predicted molar refractivity (Wildman–Crippen MR) is 73.9 cm³/mol. The monoisotopic (exact) mass is 273 g/mol. The minimum absolute atomic E-state index is 0.238. The first-order valence-electron chi connectivity index (χ1n) is 7.16. The molecule has 5 nitrogen and oxygen atoms in total. The fourth-order valence-electron chi connectivity index (χ4n) is 2.80. The van der Waals surface area contributed by atoms with Crippen molar-refractivity contribution in [2.75, 3.05) is 0 Å². The molecule has 3 rings (SSSR count). The van der Waals surface area contributed by atoms with Gasteiger partial charge in [0, 0.05) is 12.6 Å². The number of pyridine rings is 1. The first-order valence-corrected chi connectivity index (χ1v) is 7.16. The minimum Gasteiger partial charge on any atom is -0.393 e. The molecule has 1 aliphatic rings. The molecule has 1 aliphatic carbocycles. The molecule has 0 saturated heterocycles. The molecule has 2 aromatic rings. The lowest BCUT2D eigenvalue weighted by atomic mass is 9.84. The quantitative estimate of drug-likeness (QED) is 0.930. The summed E-state index contributed by atoms with van der Waals surface area (Å²) in [4.78, 5) is 8.71. The highest BCUT2D eigenvalue weighted by atomic mass is 16.5. The van der Waals surface area contributed by atoms with Crippen LogP contribution in [-0.2, 0) is 6.42 Å². The summed E-state index contributed by atoms with van der Waals surface area (Å²) in [5.74, 6) is 1.36. The fraction of sp³-hybridized carbons (Fsp3) is 0.533. The van der Waals surface area contributed by atoms with E-state index in [9.17, 15) is 5.11 Å². The molecule has 2 heterocycles. The topological polar surface area (TPSA) is 72.0 Å². The molecule has 20 heavy (non-hydrogen) atoms. The number of hydrogen-bond donors (Lipinski definition) is 1. The van der Waals surface area contributed by atoms with Crippen LogP contribution in [0.4, 0.5) is 0 Å². The summed E-state index contributed by atoms with van der Waals surface area (Å²) in [5.41, 5.74) is 1.78. The predicted octanol–water partition coefficient (Wildman–Crippen LogP) is 2.53. The number of hydrogen-bond acceptors (Lipinski definition) is 5. The molecule has 5 heteroatoms. The maximum absolute atomic E-state index is 10.00. The standard InChI is InChI=1S/C15H19N3O2/c1-10-5-4-8-16-14(10)15-17-13(20-18-15)9-11-6-2-3-7-12(11)19/h4-5,8,11-12,19H,2-3,6-7,9H2,1H3. The average molecular weight is 273 g/mol. The molecule has 106 valence electrons. The number of aliphatic hydroxyl groups excluding tert-OH is 1. The molecular weight excluding hydrogens is 254 g/mol. The maximum Gasteiger partial charge on any atom is 0.227 e. The number of aliphatic hydroxyl groups is 1. The van der Waals surface area contributed by atoms with Crippen LogP contribution in [-0.4, -0.2) is 26.3 Å². The van der Waals surface area contributed by atoms with Crippen LogP contribution in [0.5, 0.6) is 0 Å². The number of nitrogens with zero attached hydrogens (tertiary/aromatic N) is 3. The van der Waals surface area contributed by atoms with Crippen LogP contribution in [0.1, 0.15) is 37.1 Å². The molecule has 0 spiro atoms. The van der Waals surface area contributed by atoms with E-state index in [0.29, 0.717) is 18.1 Å². The van der Waals surface area contributed by atoms with Crippen molar-refractivity contribution in [1.82, 2.24) is 15.1 Å². The molecule has 1 fully saturated rings. The second kappa shape index (κ2) is 5.71. The lowest BCUT2D eigenvalue weighted by Crippen LogP contribution is -2.26. The second-order valence-electron chi connectivity index (χ2n) is 5.50. The van der Waals surface area contributed by atoms with E-state index in [2.05, 4.69) is 15.1 Å². The van der Waals surface area contributed by atoms with Crippen molar-refractivity contribution in [3.05, 3.63) is 29.8 Å². The number of aromatic nitrogens is 3. The highest BCUT2D eigenvalue weighted by Crippen LogP contribution is 2.27. The van der Waals surface area contributed by atoms with Gasteiger partial charge in [-0.2, -0.15) is 4.98 Å². The minimum atomic E-state index is -0.240. The van der Waals surface area contributed by atoms with E-state index in [1.807, 2.05) is 19.1 Å². The summed E-state index contributed by atoms with van der Waals surface area (Å²) in [6.07, 6.45) is 6.33. The third kappa shape index (κ3) is 2.72. The average Bonchev–Trinajstić information content (AvgIpc) is 2.90. The van der Waals surface area contributed by atoms with Crippen molar-refractivity contribution >= 4 is 0 Å². The van der Waals surface area contributed by atoms with Crippen LogP contribution in [0.15, 0.2) is 22.9 Å². The second-order valence-corrected chi connectivity index (χ2v) is 5.50. The van der Waals surface area contributed by atoms with Gasteiger partial charge in [0.25, 0.3) is 0 Å². The Labute approximate surface area is 118 Å². The van der Waals surface area contributed by atoms with Crippen molar-refractivity contribution in [2.24, 2.45) is 5.92 Å². The van der Waals surface area contributed by atoms with Gasteiger partial charge in [-0.25, -0.2) is 0 Å². The van der Waals surface area contributed by atoms with Crippen LogP contribution in [0.3, 0.4) is 0 Å². The number of aryl methyl sites for hydroxylation is 1. The lowest BCUT2D eigenvalue weighted by molar-refractivity contribution is 0.0657. The Kier molecular flexibility index (Phi) is 3.78. The van der Waals surface area contributed by atoms with Gasteiger partial charge in [0.2, 0.25) is 11.7 Å². The first-order chi connectivity index (χ1) is 9.74. The van der Waals surface area contributed by atoms with Gasteiger partial charge in [-0.15, -0.1) is 0 Å². The largest absolute Gasteiger partial charge is 0.393 e. The molecule has 1 N–H and O–H groups in total. The Hall–Kier alpha value is -1.75. The summed E-state index contributed by atoms with van der Waals surface area (Å²) in [7, 11) is 0. The van der Waals surface area contributed by atoms with Crippen LogP contribution in [0.2, 0.25) is 0 Å². The van der Waals surface area contributed by atoms with Gasteiger partial charge in [0.05, 0.1) is 6.10 Å². The van der Waals surface area contributed by atoms with Crippen LogP contribution >= 0.6 is 0 Å². The SMILES string of the molecule is Cc1cccnc1-c1noc(CC2CCCCC2O)n1. The maximum atomic E-state index is 10.00. The number of rotatable bonds is 3. The Morgan fingerprint density at radius 1 is 1.35 bits per heavy atom. The zero-order valence-electron chi connectivity index (χ0n) is 11.6. The Morgan fingerprint density at radius 3 is 3.00 bits per heavy atom. The zero-order chi connectivity index (χ0) is 13.9. The Balaban J connectivity index is 1.75. The summed E-state index contributed by atoms with van der Waals surface area (Å²) in [6, 6.07) is 3.86. The molecule has 0 aromatic carbocycles. The van der Waals surface area contributed by atoms with Gasteiger partial charge < -0.3 is 9.63 Å². The van der Waals surface area contributed by atoms with Gasteiger partial charge in [-0.1, -0.05) is 24.1 Å². The van der Waals surface area contributed by atoms with Gasteiger partial charge >= 0.3 is 0 Å². The molecule has 2 aromatic heterocycles. The van der Waals surface area contributed by atoms with Gasteiger partial charge in [0.15, 0.2) is 0 Å². The molecule has 2 atom stereocenters. The lowest BCUT2D eigenvalue weighted by Gasteiger charge is -2.26. The first kappa shape index (κ1) is 13.2. The Bertz CT molecular complexity index is 582. The zero-order valence-corrected chi connectivity index (χ0v) is 11.6. The van der Waals surface area contributed by atoms with Crippen LogP contribution < -0.4 is 0 Å². The summed E-state index contributed by atoms with van der Waals surface area (Å²) in [5, 5.41) is 14.0. The van der Waals surface area contributed by atoms with Gasteiger partial charge in [0.1, 0.15) is 5.69 Å².